The lowest BCUT2D eigenvalue weighted by Crippen LogP contribution is -2.68. The van der Waals surface area contributed by atoms with Gasteiger partial charge in [0, 0.05) is 0 Å². The molecule has 38 heavy (non-hydrogen) atoms. The third-order valence-corrected chi connectivity index (χ3v) is 11.6. The van der Waals surface area contributed by atoms with Crippen LogP contribution in [0.1, 0.15) is 57.6 Å². The van der Waals surface area contributed by atoms with E-state index in [1.807, 2.05) is 36.4 Å². The molecule has 0 atom stereocenters. The van der Waals surface area contributed by atoms with Gasteiger partial charge in [-0.15, -0.1) is 0 Å². The predicted molar refractivity (Wildman–Crippen MR) is 154 cm³/mol. The second kappa shape index (κ2) is 9.80. The van der Waals surface area contributed by atoms with Gasteiger partial charge in [-0.05, 0) is 55.2 Å². The van der Waals surface area contributed by atoms with Gasteiger partial charge in [0.05, 0.1) is 22.2 Å². The Balaban J connectivity index is 2.10. The molecule has 1 N–H and O–H groups in total. The van der Waals surface area contributed by atoms with Crippen molar-refractivity contribution in [3.05, 3.63) is 90.1 Å². The van der Waals surface area contributed by atoms with Crippen molar-refractivity contribution < 1.29 is 23.9 Å². The summed E-state index contributed by atoms with van der Waals surface area (Å²) in [5, 5.41) is 12.3. The molecule has 0 fully saturated rings. The molecule has 0 aliphatic heterocycles. The Hall–Kier alpha value is -3.84. The number of benzene rings is 3. The number of carbonyl (C=O) groups excluding carboxylic acids is 1. The van der Waals surface area contributed by atoms with Crippen LogP contribution in [0.5, 0.6) is 5.75 Å². The van der Waals surface area contributed by atoms with Gasteiger partial charge in [-0.3, -0.25) is 0 Å². The van der Waals surface area contributed by atoms with Crippen LogP contribution >= 0.6 is 0 Å². The number of hydrogen-bond donors (Lipinski definition) is 1. The maximum atomic E-state index is 13.4. The average Bonchev–Trinajstić information content (AvgIpc) is 3.12. The second-order valence-corrected chi connectivity index (χ2v) is 15.7. The van der Waals surface area contributed by atoms with E-state index in [0.717, 1.165) is 10.4 Å². The molecular weight excluding hydrogens is 494 g/mol. The number of hydrogen-bond acceptors (Lipinski definition) is 4. The first-order valence-electron chi connectivity index (χ1n) is 12.7. The molecule has 0 bridgehead atoms. The van der Waals surface area contributed by atoms with Crippen molar-refractivity contribution in [1.82, 2.24) is 4.57 Å². The fourth-order valence-corrected chi connectivity index (χ4v) is 9.56. The van der Waals surface area contributed by atoms with Crippen LogP contribution < -0.4 is 14.8 Å². The Kier molecular flexibility index (Phi) is 7.01. The SMILES string of the molecule is Cc1c(O[Si](c2ccccc2)(c2ccccc2)C(C)(C)C)c2c(C(=O)O)cccc2n1C(=O)OC(C)(C)C. The van der Waals surface area contributed by atoms with E-state index in [1.54, 1.807) is 45.9 Å². The topological polar surface area (TPSA) is 77.8 Å². The van der Waals surface area contributed by atoms with Crippen LogP contribution in [0.3, 0.4) is 0 Å². The Labute approximate surface area is 225 Å². The molecule has 0 aliphatic rings. The van der Waals surface area contributed by atoms with Crippen molar-refractivity contribution in [3.63, 3.8) is 0 Å². The number of rotatable bonds is 5. The highest BCUT2D eigenvalue weighted by atomic mass is 28.4. The summed E-state index contributed by atoms with van der Waals surface area (Å²) in [6.07, 6.45) is -0.583. The minimum absolute atomic E-state index is 0.0702. The quantitative estimate of drug-likeness (QED) is 0.304. The monoisotopic (exact) mass is 529 g/mol. The van der Waals surface area contributed by atoms with Crippen molar-refractivity contribution in [2.45, 2.75) is 59.1 Å². The number of nitrogens with zero attached hydrogens (tertiary/aromatic N) is 1. The van der Waals surface area contributed by atoms with Crippen LogP contribution in [0, 0.1) is 6.92 Å². The first-order chi connectivity index (χ1) is 17.8. The third kappa shape index (κ3) is 4.74. The summed E-state index contributed by atoms with van der Waals surface area (Å²) >= 11 is 0. The molecule has 0 saturated heterocycles. The molecule has 198 valence electrons. The first-order valence-corrected chi connectivity index (χ1v) is 14.6. The summed E-state index contributed by atoms with van der Waals surface area (Å²) in [4.78, 5) is 25.9. The lowest BCUT2D eigenvalue weighted by atomic mass is 10.1. The normalized spacial score (nSPS) is 12.4. The Morgan fingerprint density at radius 2 is 1.32 bits per heavy atom. The zero-order valence-electron chi connectivity index (χ0n) is 23.0. The average molecular weight is 530 g/mol. The number of carbonyl (C=O) groups is 2. The molecule has 1 heterocycles. The number of aromatic nitrogens is 1. The van der Waals surface area contributed by atoms with E-state index in [9.17, 15) is 14.7 Å². The molecule has 0 aliphatic carbocycles. The minimum Gasteiger partial charge on any atom is -0.532 e. The molecule has 4 rings (SSSR count). The van der Waals surface area contributed by atoms with Crippen LogP contribution in [0.2, 0.25) is 5.04 Å². The smallest absolute Gasteiger partial charge is 0.419 e. The van der Waals surface area contributed by atoms with Gasteiger partial charge in [0.15, 0.2) is 0 Å². The van der Waals surface area contributed by atoms with Crippen molar-refractivity contribution in [1.29, 1.82) is 0 Å². The maximum absolute atomic E-state index is 13.4. The first kappa shape index (κ1) is 27.2. The fourth-order valence-electron chi connectivity index (χ4n) is 5.08. The van der Waals surface area contributed by atoms with E-state index >= 15 is 0 Å². The van der Waals surface area contributed by atoms with Crippen molar-refractivity contribution in [2.75, 3.05) is 0 Å². The molecule has 4 aromatic rings. The van der Waals surface area contributed by atoms with Gasteiger partial charge >= 0.3 is 20.4 Å². The molecule has 0 amide bonds. The lowest BCUT2D eigenvalue weighted by molar-refractivity contribution is 0.0540. The third-order valence-electron chi connectivity index (χ3n) is 6.65. The number of ether oxygens (including phenoxy) is 1. The summed E-state index contributed by atoms with van der Waals surface area (Å²) < 4.78 is 14.4. The number of fused-ring (bicyclic) bond motifs is 1. The Bertz CT molecular complexity index is 1440. The molecule has 7 heteroatoms. The van der Waals surface area contributed by atoms with E-state index < -0.39 is 26.0 Å². The van der Waals surface area contributed by atoms with Crippen LogP contribution in [0.15, 0.2) is 78.9 Å². The van der Waals surface area contributed by atoms with Crippen LogP contribution in [0.4, 0.5) is 4.79 Å². The molecule has 3 aromatic carbocycles. The van der Waals surface area contributed by atoms with Gasteiger partial charge in [0.1, 0.15) is 11.4 Å². The van der Waals surface area contributed by atoms with Gasteiger partial charge in [-0.2, -0.15) is 0 Å². The van der Waals surface area contributed by atoms with E-state index in [2.05, 4.69) is 45.0 Å². The summed E-state index contributed by atoms with van der Waals surface area (Å²) in [7, 11) is -3.12. The molecule has 0 spiro atoms. The number of carboxylic acid groups (broad SMARTS) is 1. The molecular formula is C31H35NO5Si. The highest BCUT2D eigenvalue weighted by Gasteiger charge is 2.53. The van der Waals surface area contributed by atoms with E-state index in [1.165, 1.54) is 4.57 Å². The highest BCUT2D eigenvalue weighted by Crippen LogP contribution is 2.43. The standard InChI is InChI=1S/C31H35NO5Si/c1-21-27(26-24(28(33)34)19-14-20-25(26)32(21)29(35)36-30(2,3)4)37-38(31(5,6)7,22-15-10-8-11-16-22)23-17-12-9-13-18-23/h8-20H,1-7H3,(H,33,34). The van der Waals surface area contributed by atoms with E-state index in [-0.39, 0.29) is 10.6 Å². The van der Waals surface area contributed by atoms with Gasteiger partial charge in [0.25, 0.3) is 0 Å². The largest absolute Gasteiger partial charge is 0.532 e. The Morgan fingerprint density at radius 1 is 0.789 bits per heavy atom. The maximum Gasteiger partial charge on any atom is 0.419 e. The van der Waals surface area contributed by atoms with Crippen molar-refractivity contribution >= 4 is 41.7 Å². The van der Waals surface area contributed by atoms with Gasteiger partial charge in [-0.25, -0.2) is 14.2 Å². The highest BCUT2D eigenvalue weighted by molar-refractivity contribution is 7.00. The molecule has 0 unspecified atom stereocenters. The molecule has 6 nitrogen and oxygen atoms in total. The Morgan fingerprint density at radius 3 is 1.76 bits per heavy atom. The van der Waals surface area contributed by atoms with Gasteiger partial charge in [0.2, 0.25) is 0 Å². The minimum atomic E-state index is -3.12. The summed E-state index contributed by atoms with van der Waals surface area (Å²) in [5.74, 6) is -0.706. The van der Waals surface area contributed by atoms with Crippen molar-refractivity contribution in [3.8, 4) is 5.75 Å². The predicted octanol–water partition coefficient (Wildman–Crippen LogP) is 6.37. The summed E-state index contributed by atoms with van der Waals surface area (Å²) in [6, 6.07) is 25.1. The van der Waals surface area contributed by atoms with Crippen LogP contribution in [-0.2, 0) is 4.74 Å². The summed E-state index contributed by atoms with van der Waals surface area (Å²) in [5.41, 5.74) is 0.269. The van der Waals surface area contributed by atoms with E-state index in [0.29, 0.717) is 22.3 Å². The van der Waals surface area contributed by atoms with E-state index in [4.69, 9.17) is 9.16 Å². The van der Waals surface area contributed by atoms with Crippen molar-refractivity contribution in [2.24, 2.45) is 0 Å². The lowest BCUT2D eigenvalue weighted by Gasteiger charge is -2.43. The zero-order chi connectivity index (χ0) is 27.9. The fraction of sp³-hybridized carbons (Fsp3) is 0.290. The summed E-state index contributed by atoms with van der Waals surface area (Å²) in [6.45, 7) is 13.6. The molecule has 1 aromatic heterocycles. The number of carboxylic acids is 1. The van der Waals surface area contributed by atoms with Crippen LogP contribution in [0.25, 0.3) is 10.9 Å². The molecule has 0 radical (unpaired) electrons. The second-order valence-electron chi connectivity index (χ2n) is 11.5. The zero-order valence-corrected chi connectivity index (χ0v) is 24.0. The van der Waals surface area contributed by atoms with Gasteiger partial charge in [-0.1, -0.05) is 87.5 Å². The van der Waals surface area contributed by atoms with Crippen LogP contribution in [-0.4, -0.2) is 35.7 Å². The van der Waals surface area contributed by atoms with Gasteiger partial charge < -0.3 is 14.3 Å². The molecule has 0 saturated carbocycles. The number of aromatic carboxylic acids is 1.